The predicted octanol–water partition coefficient (Wildman–Crippen LogP) is 6.15. The minimum atomic E-state index is -1.85. The van der Waals surface area contributed by atoms with E-state index in [1.54, 1.807) is 37.1 Å². The van der Waals surface area contributed by atoms with Gasteiger partial charge in [-0.1, -0.05) is 32.4 Å². The number of hydrogen-bond acceptors (Lipinski definition) is 5. The van der Waals surface area contributed by atoms with Crippen LogP contribution in [0.1, 0.15) is 27.2 Å². The summed E-state index contributed by atoms with van der Waals surface area (Å²) in [6.45, 7) is 12.2. The Balaban J connectivity index is 2.01. The number of nitrogens with zero attached hydrogens (tertiary/aromatic N) is 2. The number of rotatable bonds is 8. The molecule has 0 bridgehead atoms. The van der Waals surface area contributed by atoms with Crippen molar-refractivity contribution in [2.75, 3.05) is 20.8 Å². The summed E-state index contributed by atoms with van der Waals surface area (Å²) >= 11 is 6.17. The van der Waals surface area contributed by atoms with Crippen molar-refractivity contribution in [2.45, 2.75) is 51.9 Å². The molecule has 0 aliphatic carbocycles. The first-order valence-corrected chi connectivity index (χ1v) is 14.3. The van der Waals surface area contributed by atoms with Crippen LogP contribution in [0.25, 0.3) is 22.0 Å². The second-order valence-corrected chi connectivity index (χ2v) is 14.8. The molecule has 33 heavy (non-hydrogen) atoms. The van der Waals surface area contributed by atoms with Gasteiger partial charge in [-0.2, -0.15) is 0 Å². The second kappa shape index (κ2) is 9.87. The molecule has 3 aromatic rings. The maximum absolute atomic E-state index is 13.6. The Kier molecular flexibility index (Phi) is 7.56. The van der Waals surface area contributed by atoms with E-state index in [4.69, 9.17) is 25.5 Å². The van der Waals surface area contributed by atoms with Crippen LogP contribution in [0.15, 0.2) is 41.3 Å². The molecule has 0 aliphatic rings. The van der Waals surface area contributed by atoms with Crippen molar-refractivity contribution >= 4 is 30.8 Å². The smallest absolute Gasteiger partial charge is 0.258 e. The highest BCUT2D eigenvalue weighted by atomic mass is 35.5. The normalized spacial score (nSPS) is 12.2. The Morgan fingerprint density at radius 3 is 2.24 bits per heavy atom. The highest BCUT2D eigenvalue weighted by molar-refractivity contribution is 6.74. The Morgan fingerprint density at radius 1 is 1.03 bits per heavy atom. The lowest BCUT2D eigenvalue weighted by atomic mass is 10.0. The van der Waals surface area contributed by atoms with E-state index in [0.717, 1.165) is 16.5 Å². The first-order valence-electron chi connectivity index (χ1n) is 11.0. The third kappa shape index (κ3) is 5.59. The van der Waals surface area contributed by atoms with E-state index in [1.165, 1.54) is 0 Å². The fourth-order valence-electron chi connectivity index (χ4n) is 3.41. The monoisotopic (exact) mass is 488 g/mol. The number of fused-ring (bicyclic) bond motifs is 1. The average Bonchev–Trinajstić information content (AvgIpc) is 2.76. The lowest BCUT2D eigenvalue weighted by Gasteiger charge is -2.36. The van der Waals surface area contributed by atoms with Gasteiger partial charge in [0.05, 0.1) is 19.7 Å². The Hall–Kier alpha value is -2.35. The molecule has 0 fully saturated rings. The summed E-state index contributed by atoms with van der Waals surface area (Å²) in [6, 6.07) is 9.03. The lowest BCUT2D eigenvalue weighted by molar-refractivity contribution is 0.275. The SMILES string of the molecule is COc1cc(OC)cc(-c2cc3cnc(Cl)cc3n(CCCO[Si](C)(C)C(C)(C)C)c2=O)c1. The van der Waals surface area contributed by atoms with E-state index in [2.05, 4.69) is 38.8 Å². The summed E-state index contributed by atoms with van der Waals surface area (Å²) in [5.41, 5.74) is 1.92. The molecule has 2 heterocycles. The number of methoxy groups -OCH3 is 2. The van der Waals surface area contributed by atoms with Gasteiger partial charge >= 0.3 is 0 Å². The molecule has 0 N–H and O–H groups in total. The zero-order chi connectivity index (χ0) is 24.4. The Labute approximate surface area is 201 Å². The van der Waals surface area contributed by atoms with Gasteiger partial charge in [0.2, 0.25) is 0 Å². The summed E-state index contributed by atoms with van der Waals surface area (Å²) in [7, 11) is 1.33. The molecule has 0 unspecified atom stereocenters. The molecule has 0 radical (unpaired) electrons. The van der Waals surface area contributed by atoms with E-state index >= 15 is 0 Å². The third-order valence-corrected chi connectivity index (χ3v) is 11.1. The van der Waals surface area contributed by atoms with Crippen molar-refractivity contribution in [3.05, 3.63) is 52.0 Å². The van der Waals surface area contributed by atoms with Crippen LogP contribution >= 0.6 is 11.6 Å². The van der Waals surface area contributed by atoms with Crippen molar-refractivity contribution < 1.29 is 13.9 Å². The number of aryl methyl sites for hydroxylation is 1. The number of pyridine rings is 2. The van der Waals surface area contributed by atoms with Gasteiger partial charge in [0, 0.05) is 36.4 Å². The molecule has 0 aliphatic heterocycles. The van der Waals surface area contributed by atoms with Crippen molar-refractivity contribution in [3.63, 3.8) is 0 Å². The van der Waals surface area contributed by atoms with E-state index in [1.807, 2.05) is 18.2 Å². The van der Waals surface area contributed by atoms with E-state index in [9.17, 15) is 4.79 Å². The van der Waals surface area contributed by atoms with Gasteiger partial charge in [0.15, 0.2) is 8.32 Å². The Morgan fingerprint density at radius 2 is 1.67 bits per heavy atom. The molecule has 0 saturated heterocycles. The van der Waals surface area contributed by atoms with Gasteiger partial charge in [-0.3, -0.25) is 4.79 Å². The summed E-state index contributed by atoms with van der Waals surface area (Å²) in [5, 5.41) is 1.33. The van der Waals surface area contributed by atoms with Crippen molar-refractivity contribution in [1.29, 1.82) is 0 Å². The number of benzene rings is 1. The molecule has 3 rings (SSSR count). The molecule has 0 saturated carbocycles. The third-order valence-electron chi connectivity index (χ3n) is 6.40. The minimum absolute atomic E-state index is 0.104. The number of halogens is 1. The van der Waals surface area contributed by atoms with E-state index in [0.29, 0.717) is 41.8 Å². The van der Waals surface area contributed by atoms with Gasteiger partial charge < -0.3 is 18.5 Å². The summed E-state index contributed by atoms with van der Waals surface area (Å²) < 4.78 is 18.9. The van der Waals surface area contributed by atoms with Crippen LogP contribution in [0.5, 0.6) is 11.5 Å². The number of aromatic nitrogens is 2. The van der Waals surface area contributed by atoms with Crippen LogP contribution in [-0.4, -0.2) is 38.7 Å². The van der Waals surface area contributed by atoms with Crippen LogP contribution in [0.3, 0.4) is 0 Å². The highest BCUT2D eigenvalue weighted by Crippen LogP contribution is 2.36. The minimum Gasteiger partial charge on any atom is -0.497 e. The lowest BCUT2D eigenvalue weighted by Crippen LogP contribution is -2.41. The van der Waals surface area contributed by atoms with Crippen LogP contribution in [0, 0.1) is 0 Å². The van der Waals surface area contributed by atoms with Gasteiger partial charge in [-0.25, -0.2) is 4.98 Å². The maximum atomic E-state index is 13.6. The number of ether oxygens (including phenoxy) is 2. The van der Waals surface area contributed by atoms with Crippen molar-refractivity contribution in [2.24, 2.45) is 0 Å². The summed E-state index contributed by atoms with van der Waals surface area (Å²) in [4.78, 5) is 17.8. The number of hydrogen-bond donors (Lipinski definition) is 0. The van der Waals surface area contributed by atoms with Gasteiger partial charge in [-0.05, 0) is 54.4 Å². The van der Waals surface area contributed by atoms with Gasteiger partial charge in [0.25, 0.3) is 5.56 Å². The fourth-order valence-corrected chi connectivity index (χ4v) is 4.65. The summed E-state index contributed by atoms with van der Waals surface area (Å²) in [5.74, 6) is 1.24. The molecule has 178 valence electrons. The topological polar surface area (TPSA) is 62.6 Å². The molecule has 0 amide bonds. The zero-order valence-corrected chi connectivity index (χ0v) is 22.2. The first-order chi connectivity index (χ1) is 15.5. The molecular weight excluding hydrogens is 456 g/mol. The van der Waals surface area contributed by atoms with Crippen molar-refractivity contribution in [1.82, 2.24) is 9.55 Å². The van der Waals surface area contributed by atoms with Crippen LogP contribution in [0.2, 0.25) is 23.3 Å². The largest absolute Gasteiger partial charge is 0.497 e. The highest BCUT2D eigenvalue weighted by Gasteiger charge is 2.36. The summed E-state index contributed by atoms with van der Waals surface area (Å²) in [6.07, 6.45) is 2.41. The van der Waals surface area contributed by atoms with Crippen LogP contribution in [-0.2, 0) is 11.0 Å². The molecule has 0 atom stereocenters. The van der Waals surface area contributed by atoms with Crippen molar-refractivity contribution in [3.8, 4) is 22.6 Å². The standard InChI is InChI=1S/C25H33ClN2O4Si/c1-25(2,3)33(6,7)32-10-8-9-28-22-15-23(26)27-16-18(22)13-21(24(28)29)17-11-19(30-4)14-20(12-17)31-5/h11-16H,8-10H2,1-7H3. The molecule has 6 nitrogen and oxygen atoms in total. The quantitative estimate of drug-likeness (QED) is 0.216. The fraction of sp³-hybridized carbons (Fsp3) is 0.440. The van der Waals surface area contributed by atoms with E-state index in [-0.39, 0.29) is 10.6 Å². The average molecular weight is 489 g/mol. The second-order valence-electron chi connectivity index (χ2n) is 9.64. The molecule has 8 heteroatoms. The van der Waals surface area contributed by atoms with Crippen LogP contribution < -0.4 is 15.0 Å². The van der Waals surface area contributed by atoms with Gasteiger partial charge in [-0.15, -0.1) is 0 Å². The predicted molar refractivity (Wildman–Crippen MR) is 137 cm³/mol. The zero-order valence-electron chi connectivity index (χ0n) is 20.5. The molecule has 2 aromatic heterocycles. The van der Waals surface area contributed by atoms with Gasteiger partial charge in [0.1, 0.15) is 16.7 Å². The maximum Gasteiger partial charge on any atom is 0.258 e. The van der Waals surface area contributed by atoms with E-state index < -0.39 is 8.32 Å². The molecule has 0 spiro atoms. The van der Waals surface area contributed by atoms with Crippen LogP contribution in [0.4, 0.5) is 0 Å². The first kappa shape index (κ1) is 25.3. The molecular formula is C25H33ClN2O4Si. The Bertz CT molecular complexity index is 1180. The molecule has 1 aromatic carbocycles.